The number of phenolic OH excluding ortho intramolecular Hbond substituents is 1. The van der Waals surface area contributed by atoms with E-state index in [-0.39, 0.29) is 130 Å². The van der Waals surface area contributed by atoms with Gasteiger partial charge >= 0.3 is 72.4 Å². The monoisotopic (exact) mass is 2230 g/mol. The molecule has 5 fully saturated rings. The van der Waals surface area contributed by atoms with Crippen molar-refractivity contribution in [1.82, 2.24) is 31.9 Å². The third-order valence-corrected chi connectivity index (χ3v) is 33.6. The Morgan fingerprint density at radius 1 is 0.545 bits per heavy atom. The highest BCUT2D eigenvalue weighted by Gasteiger charge is 2.59. The number of nitrogens with one attached hydrogen (secondary N) is 6. The Hall–Kier alpha value is -5.00. The van der Waals surface area contributed by atoms with Gasteiger partial charge in [0.1, 0.15) is 47.8 Å². The Kier molecular flexibility index (Phi) is 46.2. The van der Waals surface area contributed by atoms with Crippen LogP contribution < -0.4 is 36.6 Å². The zero-order valence-corrected chi connectivity index (χ0v) is 86.6. The third kappa shape index (κ3) is 38.1. The quantitative estimate of drug-likeness (QED) is 0.00741. The van der Waals surface area contributed by atoms with E-state index in [0.717, 1.165) is 36.8 Å². The Labute approximate surface area is 837 Å². The first kappa shape index (κ1) is 118. The van der Waals surface area contributed by atoms with Gasteiger partial charge in [0, 0.05) is 111 Å². The van der Waals surface area contributed by atoms with Crippen LogP contribution in [0.5, 0.6) is 11.5 Å². The molecule has 2 aromatic carbocycles. The van der Waals surface area contributed by atoms with Crippen LogP contribution in [0.3, 0.4) is 0 Å². The van der Waals surface area contributed by atoms with Gasteiger partial charge in [-0.2, -0.15) is 11.8 Å². The van der Waals surface area contributed by atoms with Crippen molar-refractivity contribution in [2.24, 2.45) is 11.8 Å². The highest BCUT2D eigenvalue weighted by molar-refractivity contribution is 8.07. The smallest absolute Gasteiger partial charge is 0.502 e. The summed E-state index contributed by atoms with van der Waals surface area (Å²) in [5.41, 5.74) is -0.464. The van der Waals surface area contributed by atoms with Crippen LogP contribution in [-0.4, -0.2) is 254 Å². The largest absolute Gasteiger partial charge is 0.508 e. The van der Waals surface area contributed by atoms with E-state index in [1.807, 2.05) is 11.8 Å². The molecule has 9 N–H and O–H groups in total. The van der Waals surface area contributed by atoms with Crippen LogP contribution in [0, 0.1) is 11.8 Å². The number of imide groups is 1. The molecular formula is C81H114N6O45P8S3. The highest BCUT2D eigenvalue weighted by atomic mass is 32.5. The van der Waals surface area contributed by atoms with Crippen LogP contribution in [0.4, 0.5) is 4.79 Å². The van der Waals surface area contributed by atoms with Gasteiger partial charge < -0.3 is 83.7 Å². The number of fused-ring (bicyclic) bond motifs is 7. The number of carbonyl (C=O) groups excluding carboxylic acids is 7. The number of aliphatic hydroxyl groups excluding tert-OH is 2. The van der Waals surface area contributed by atoms with Crippen molar-refractivity contribution in [2.75, 3.05) is 131 Å². The summed E-state index contributed by atoms with van der Waals surface area (Å²) < 4.78 is 186. The number of phenols is 1. The number of benzene rings is 2. The molecule has 1 aliphatic carbocycles. The number of aliphatic hydroxyl groups is 2. The van der Waals surface area contributed by atoms with E-state index < -0.39 is 255 Å². The van der Waals surface area contributed by atoms with Crippen molar-refractivity contribution in [2.45, 2.75) is 200 Å². The lowest BCUT2D eigenvalue weighted by molar-refractivity contribution is -0.134. The lowest BCUT2D eigenvalue weighted by atomic mass is 9.70. The predicted octanol–water partition coefficient (Wildman–Crippen LogP) is 11.4. The van der Waals surface area contributed by atoms with Crippen molar-refractivity contribution in [1.29, 1.82) is 0 Å². The van der Waals surface area contributed by atoms with Gasteiger partial charge in [0.2, 0.25) is 17.7 Å². The summed E-state index contributed by atoms with van der Waals surface area (Å²) in [6.45, 7) is -15.9. The summed E-state index contributed by atoms with van der Waals surface area (Å²) in [5, 5.41) is 46.4. The van der Waals surface area contributed by atoms with E-state index in [9.17, 15) is 110 Å². The van der Waals surface area contributed by atoms with Crippen LogP contribution in [0.15, 0.2) is 84.2 Å². The van der Waals surface area contributed by atoms with Crippen LogP contribution in [0.2, 0.25) is 0 Å². The molecule has 0 bridgehead atoms. The van der Waals surface area contributed by atoms with Crippen LogP contribution >= 0.6 is 72.1 Å². The third-order valence-electron chi connectivity index (χ3n) is 23.0. The van der Waals surface area contributed by atoms with Crippen LogP contribution in [-0.2, 0) is 206 Å². The number of hydrogen-bond acceptors (Lipinski definition) is 40. The van der Waals surface area contributed by atoms with E-state index in [4.69, 9.17) is 125 Å². The number of esters is 1. The lowest BCUT2D eigenvalue weighted by Gasteiger charge is -2.44. The summed E-state index contributed by atoms with van der Waals surface area (Å²) in [6, 6.07) is 9.04. The molecule has 11 rings (SSSR count). The first-order valence-electron chi connectivity index (χ1n) is 46.0. The maximum Gasteiger partial charge on any atom is 0.502 e. The highest BCUT2D eigenvalue weighted by Crippen LogP contribution is 2.59. The van der Waals surface area contributed by atoms with Gasteiger partial charge in [0.25, 0.3) is 11.8 Å². The number of rotatable bonds is 67. The number of allylic oxidation sites excluding steroid dienone is 1. The number of aromatic hydroxyl groups is 1. The molecule has 0 saturated carbocycles. The molecule has 22 unspecified atom stereocenters. The second-order valence-electron chi connectivity index (χ2n) is 33.6. The summed E-state index contributed by atoms with van der Waals surface area (Å²) in [5.74, 6) is -5.06. The SMILES string of the molecule is [O]P(=O)(OCCCCCCNC(=O)CCCCC1SCC2NC(=O)NC21)OCCCOP([O])(=O)OCCCOP([O])(=O)OCC1OC(C2C=C(/C=C/C(=O)NCCCCCCNC(=O)c3ccc4c(c3)C3(OC4=O)c4ccc(O)cc4OC4C=C(O)C=CC43)C(=O)NC2=O)CC1OP([O])(=O)OCCCOP([O])(=O)OCCCOP([O])(=O)OCC1OCCC1OP([O])(=S)OCC1OCCC1OP([O])(=S)OCCCO. The molecule has 51 nitrogen and oxygen atoms in total. The number of carbonyl (C=O) groups is 7. The van der Waals surface area contributed by atoms with E-state index >= 15 is 0 Å². The first-order chi connectivity index (χ1) is 67.9. The van der Waals surface area contributed by atoms with E-state index in [1.54, 1.807) is 18.2 Å². The average molecular weight is 2240 g/mol. The maximum atomic E-state index is 13.6. The predicted molar refractivity (Wildman–Crippen MR) is 495 cm³/mol. The molecule has 1 spiro atoms. The Morgan fingerprint density at radius 3 is 1.67 bits per heavy atom. The maximum absolute atomic E-state index is 13.6. The van der Waals surface area contributed by atoms with Gasteiger partial charge in [0.15, 0.2) is 5.60 Å². The Balaban J connectivity index is 0.586. The van der Waals surface area contributed by atoms with Crippen molar-refractivity contribution < 1.29 is 211 Å². The Bertz CT molecular complexity index is 5230. The molecule has 62 heteroatoms. The van der Waals surface area contributed by atoms with Crippen molar-refractivity contribution in [3.05, 3.63) is 106 Å². The molecule has 143 heavy (non-hydrogen) atoms. The molecule has 22 atom stereocenters. The van der Waals surface area contributed by atoms with Gasteiger partial charge in [-0.1, -0.05) is 44.3 Å². The fourth-order valence-electron chi connectivity index (χ4n) is 16.1. The van der Waals surface area contributed by atoms with E-state index in [1.165, 1.54) is 36.4 Å². The average Bonchev–Trinajstić information content (AvgIpc) is 1.55. The first-order valence-corrected chi connectivity index (χ1v) is 61.0. The molecule has 8 radical (unpaired) electrons. The summed E-state index contributed by atoms with van der Waals surface area (Å²) in [6.07, 6.45) is 3.34. The zero-order valence-electron chi connectivity index (χ0n) is 77.0. The van der Waals surface area contributed by atoms with Gasteiger partial charge in [-0.25, -0.2) is 37.0 Å². The van der Waals surface area contributed by atoms with Crippen molar-refractivity contribution in [3.8, 4) is 11.5 Å². The molecule has 796 valence electrons. The van der Waals surface area contributed by atoms with Crippen molar-refractivity contribution in [3.63, 3.8) is 0 Å². The van der Waals surface area contributed by atoms with E-state index in [2.05, 4.69) is 31.9 Å². The molecule has 8 aliphatic heterocycles. The van der Waals surface area contributed by atoms with Gasteiger partial charge in [-0.05, 0) is 143 Å². The molecule has 0 aromatic heterocycles. The number of unbranched alkanes of at least 4 members (excludes halogenated alkanes) is 7. The molecule has 9 aliphatic rings. The summed E-state index contributed by atoms with van der Waals surface area (Å²) >= 11 is 11.8. The standard InChI is InChI=1S/C81H114N6O45P8S3/c88-31-11-33-123-139(110,141)131-64-27-43-113-70(64)50-126-140(111,142)132-63-26-42-112-69(63)49-124-136(104,105)120-39-13-36-118-135(102,103)119-38-15-41-122-138(108,109)130-68-48-65(127-71(68)51-125-137(106,107)121-40-14-37-117-134(100,101)116-35-12-34-115-133(98,99)114-32-10-4-3-8-28-82-73(91)17-6-5-16-72-75-62(52-143-72)85-80(97)86-75)58-44-53(77(94)87-78(58)95)19-25-74(92)83-29-7-1-2-9-30-84-76(93)54-18-22-57-61(45-54)81(129-79(57)96)59-23-20-55(89)46-66(59)128-67-47-56(90)21-24-60(67)81/h18-25,44-47,58-59,62-66,68-72,75,88-90H,1-17,26-43,48-52H2,(H,82,91)(H,83,92)(H,84,93)(H2,85,86,97)(H,87,94,95)/b25-19+. The van der Waals surface area contributed by atoms with Crippen LogP contribution in [0.1, 0.15) is 160 Å². The zero-order chi connectivity index (χ0) is 103. The van der Waals surface area contributed by atoms with E-state index in [0.29, 0.717) is 87.1 Å². The van der Waals surface area contributed by atoms with Gasteiger partial charge in [0.05, 0.1) is 134 Å². The molecular weight excluding hydrogens is 2120 g/mol. The number of thioether (sulfide) groups is 1. The topological polar surface area (TPSA) is 708 Å². The number of ether oxygens (including phenoxy) is 5. The number of urea groups is 1. The number of hydrogen-bond donors (Lipinski definition) is 9. The van der Waals surface area contributed by atoms with Crippen LogP contribution in [0.25, 0.3) is 0 Å². The lowest BCUT2D eigenvalue weighted by Crippen LogP contribution is -2.48. The van der Waals surface area contributed by atoms with Gasteiger partial charge in [-0.3, -0.25) is 83.6 Å². The number of amides is 7. The molecule has 2 aromatic rings. The normalized spacial score (nSPS) is 27.2. The second kappa shape index (κ2) is 55.9. The molecule has 8 heterocycles. The molecule has 7 amide bonds. The fraction of sp³-hybridized carbons (Fsp3) is 0.667. The second-order valence-corrected chi connectivity index (χ2v) is 48.7. The minimum Gasteiger partial charge on any atom is -0.508 e. The minimum absolute atomic E-state index is 0.00677. The summed E-state index contributed by atoms with van der Waals surface area (Å²) in [7, 11) is -31.3. The summed E-state index contributed by atoms with van der Waals surface area (Å²) in [4.78, 5) is 193. The minimum atomic E-state index is -5.57. The fourth-order valence-corrected chi connectivity index (χ4v) is 25.5. The Morgan fingerprint density at radius 2 is 1.08 bits per heavy atom. The van der Waals surface area contributed by atoms with Gasteiger partial charge in [-0.15, -0.1) is 39.1 Å². The van der Waals surface area contributed by atoms with Crippen molar-refractivity contribution >= 4 is 137 Å². The molecule has 5 saturated heterocycles.